The predicted octanol–water partition coefficient (Wildman–Crippen LogP) is 1.89. The molecule has 1 amide bonds. The molecule has 3 N–H and O–H groups in total. The highest BCUT2D eigenvalue weighted by Gasteiger charge is 2.10. The van der Waals surface area contributed by atoms with E-state index >= 15 is 0 Å². The summed E-state index contributed by atoms with van der Waals surface area (Å²) in [6.07, 6.45) is 1.84. The number of benzene rings is 1. The van der Waals surface area contributed by atoms with Crippen LogP contribution >= 0.6 is 11.6 Å². The van der Waals surface area contributed by atoms with Crippen molar-refractivity contribution < 1.29 is 4.79 Å². The molecule has 7 heteroatoms. The minimum atomic E-state index is -0.267. The Morgan fingerprint density at radius 3 is 2.95 bits per heavy atom. The molecule has 3 aromatic rings. The number of fused-ring (bicyclic) bond motifs is 1. The molecule has 3 rings (SSSR count). The highest BCUT2D eigenvalue weighted by atomic mass is 35.5. The minimum Gasteiger partial charge on any atom is -0.399 e. The van der Waals surface area contributed by atoms with E-state index in [0.29, 0.717) is 22.1 Å². The molecule has 0 spiro atoms. The fourth-order valence-electron chi connectivity index (χ4n) is 2.02. The van der Waals surface area contributed by atoms with Gasteiger partial charge < -0.3 is 11.1 Å². The third-order valence-corrected chi connectivity index (χ3v) is 3.19. The van der Waals surface area contributed by atoms with Crippen molar-refractivity contribution in [3.63, 3.8) is 0 Å². The summed E-state index contributed by atoms with van der Waals surface area (Å²) >= 11 is 5.89. The third-order valence-electron chi connectivity index (χ3n) is 2.97. The van der Waals surface area contributed by atoms with E-state index < -0.39 is 0 Å². The van der Waals surface area contributed by atoms with Gasteiger partial charge in [-0.25, -0.2) is 0 Å². The van der Waals surface area contributed by atoms with Crippen LogP contribution < -0.4 is 11.1 Å². The minimum absolute atomic E-state index is 0.260. The van der Waals surface area contributed by atoms with E-state index in [4.69, 9.17) is 17.3 Å². The molecular weight excluding hydrogens is 290 g/mol. The van der Waals surface area contributed by atoms with Gasteiger partial charge >= 0.3 is 0 Å². The summed E-state index contributed by atoms with van der Waals surface area (Å²) in [6.45, 7) is 0.260. The monoisotopic (exact) mass is 301 g/mol. The van der Waals surface area contributed by atoms with Crippen LogP contribution in [0.25, 0.3) is 5.65 Å². The van der Waals surface area contributed by atoms with Gasteiger partial charge in [-0.1, -0.05) is 17.7 Å². The van der Waals surface area contributed by atoms with Crippen molar-refractivity contribution >= 4 is 28.8 Å². The number of aromatic nitrogens is 3. The maximum atomic E-state index is 12.1. The van der Waals surface area contributed by atoms with Gasteiger partial charge in [0.15, 0.2) is 11.5 Å². The number of anilines is 1. The summed E-state index contributed by atoms with van der Waals surface area (Å²) in [7, 11) is 0. The number of pyridine rings is 1. The molecule has 0 aliphatic rings. The number of nitrogens with one attached hydrogen (secondary N) is 1. The molecule has 0 aliphatic carbocycles. The number of hydrogen-bond donors (Lipinski definition) is 2. The molecule has 0 saturated heterocycles. The molecule has 0 bridgehead atoms. The number of carbonyl (C=O) groups excluding carboxylic acids is 1. The molecule has 106 valence electrons. The Balaban J connectivity index is 1.76. The van der Waals surface area contributed by atoms with Crippen molar-refractivity contribution in [1.82, 2.24) is 19.9 Å². The van der Waals surface area contributed by atoms with Gasteiger partial charge in [-0.15, -0.1) is 10.2 Å². The Kier molecular flexibility index (Phi) is 3.45. The normalized spacial score (nSPS) is 10.7. The Labute approximate surface area is 125 Å². The molecule has 21 heavy (non-hydrogen) atoms. The molecule has 2 aromatic heterocycles. The van der Waals surface area contributed by atoms with E-state index in [1.165, 1.54) is 0 Å². The number of halogens is 1. The van der Waals surface area contributed by atoms with Crippen molar-refractivity contribution in [3.8, 4) is 0 Å². The number of carbonyl (C=O) groups is 1. The molecule has 0 saturated carbocycles. The average Bonchev–Trinajstić information content (AvgIpc) is 2.87. The van der Waals surface area contributed by atoms with Crippen LogP contribution in [0.5, 0.6) is 0 Å². The summed E-state index contributed by atoms with van der Waals surface area (Å²) < 4.78 is 1.81. The maximum Gasteiger partial charge on any atom is 0.251 e. The van der Waals surface area contributed by atoms with Crippen molar-refractivity contribution in [1.29, 1.82) is 0 Å². The van der Waals surface area contributed by atoms with Crippen LogP contribution in [0.3, 0.4) is 0 Å². The van der Waals surface area contributed by atoms with E-state index in [2.05, 4.69) is 15.5 Å². The highest BCUT2D eigenvalue weighted by molar-refractivity contribution is 6.31. The second-order valence-corrected chi connectivity index (χ2v) is 4.94. The first kappa shape index (κ1) is 13.4. The lowest BCUT2D eigenvalue weighted by atomic mass is 10.2. The number of nitrogens with two attached hydrogens (primary N) is 1. The van der Waals surface area contributed by atoms with Gasteiger partial charge in [-0.2, -0.15) is 0 Å². The Hall–Kier alpha value is -2.60. The van der Waals surface area contributed by atoms with Gasteiger partial charge in [-0.3, -0.25) is 9.20 Å². The van der Waals surface area contributed by atoms with Crippen molar-refractivity contribution in [2.24, 2.45) is 0 Å². The number of amides is 1. The summed E-state index contributed by atoms with van der Waals surface area (Å²) in [6, 6.07) is 10.3. The zero-order chi connectivity index (χ0) is 14.8. The zero-order valence-electron chi connectivity index (χ0n) is 11.0. The van der Waals surface area contributed by atoms with Crippen molar-refractivity contribution in [2.45, 2.75) is 6.54 Å². The van der Waals surface area contributed by atoms with Crippen LogP contribution in [0.4, 0.5) is 5.69 Å². The summed E-state index contributed by atoms with van der Waals surface area (Å²) in [5, 5.41) is 11.3. The van der Waals surface area contributed by atoms with E-state index in [-0.39, 0.29) is 12.5 Å². The molecule has 6 nitrogen and oxygen atoms in total. The van der Waals surface area contributed by atoms with Crippen LogP contribution in [0.2, 0.25) is 5.02 Å². The molecular formula is C14H12ClN5O. The summed E-state index contributed by atoms with van der Waals surface area (Å²) in [5.41, 5.74) is 7.26. The molecule has 1 aromatic carbocycles. The number of rotatable bonds is 3. The number of hydrogen-bond acceptors (Lipinski definition) is 4. The van der Waals surface area contributed by atoms with Crippen LogP contribution in [-0.2, 0) is 6.54 Å². The van der Waals surface area contributed by atoms with E-state index in [0.717, 1.165) is 5.65 Å². The summed E-state index contributed by atoms with van der Waals surface area (Å²) in [4.78, 5) is 12.1. The first-order valence-corrected chi connectivity index (χ1v) is 6.64. The predicted molar refractivity (Wildman–Crippen MR) is 80.0 cm³/mol. The van der Waals surface area contributed by atoms with Gasteiger partial charge in [0.1, 0.15) is 0 Å². The van der Waals surface area contributed by atoms with E-state index in [1.807, 2.05) is 28.8 Å². The lowest BCUT2D eigenvalue weighted by Gasteiger charge is -2.05. The van der Waals surface area contributed by atoms with Gasteiger partial charge in [0.05, 0.1) is 6.54 Å². The first-order valence-electron chi connectivity index (χ1n) is 6.26. The van der Waals surface area contributed by atoms with Crippen LogP contribution in [-0.4, -0.2) is 20.5 Å². The van der Waals surface area contributed by atoms with Crippen LogP contribution in [0.1, 0.15) is 16.2 Å². The lowest BCUT2D eigenvalue weighted by Crippen LogP contribution is -2.24. The van der Waals surface area contributed by atoms with Gasteiger partial charge in [0.25, 0.3) is 5.91 Å². The number of nitrogen functional groups attached to an aromatic ring is 1. The largest absolute Gasteiger partial charge is 0.399 e. The molecule has 2 heterocycles. The van der Waals surface area contributed by atoms with Gasteiger partial charge in [0.2, 0.25) is 0 Å². The first-order chi connectivity index (χ1) is 10.1. The van der Waals surface area contributed by atoms with E-state index in [1.54, 1.807) is 18.2 Å². The molecule has 0 fully saturated rings. The smallest absolute Gasteiger partial charge is 0.251 e. The molecule has 0 aliphatic heterocycles. The molecule has 0 unspecified atom stereocenters. The Bertz CT molecular complexity index is 794. The Morgan fingerprint density at radius 2 is 2.14 bits per heavy atom. The van der Waals surface area contributed by atoms with Gasteiger partial charge in [0, 0.05) is 22.5 Å². The van der Waals surface area contributed by atoms with E-state index in [9.17, 15) is 4.79 Å². The second-order valence-electron chi connectivity index (χ2n) is 4.50. The van der Waals surface area contributed by atoms with Gasteiger partial charge in [-0.05, 0) is 30.3 Å². The lowest BCUT2D eigenvalue weighted by molar-refractivity contribution is 0.0950. The Morgan fingerprint density at radius 1 is 1.29 bits per heavy atom. The van der Waals surface area contributed by atoms with Crippen molar-refractivity contribution in [3.05, 3.63) is 59.0 Å². The third kappa shape index (κ3) is 2.80. The quantitative estimate of drug-likeness (QED) is 0.724. The SMILES string of the molecule is Nc1cc(Cl)cc(C(=O)NCc2nnc3ccccn23)c1. The molecule has 0 atom stereocenters. The van der Waals surface area contributed by atoms with Crippen molar-refractivity contribution in [2.75, 3.05) is 5.73 Å². The molecule has 0 radical (unpaired) electrons. The standard InChI is InChI=1S/C14H12ClN5O/c15-10-5-9(6-11(16)7-10)14(21)17-8-13-19-18-12-3-1-2-4-20(12)13/h1-7H,8,16H2,(H,17,21). The fraction of sp³-hybridized carbons (Fsp3) is 0.0714. The maximum absolute atomic E-state index is 12.1. The topological polar surface area (TPSA) is 85.3 Å². The van der Waals surface area contributed by atoms with Crippen LogP contribution in [0, 0.1) is 0 Å². The van der Waals surface area contributed by atoms with Crippen LogP contribution in [0.15, 0.2) is 42.6 Å². The fourth-order valence-corrected chi connectivity index (χ4v) is 2.26. The number of nitrogens with zero attached hydrogens (tertiary/aromatic N) is 3. The second kappa shape index (κ2) is 5.41. The highest BCUT2D eigenvalue weighted by Crippen LogP contribution is 2.16. The summed E-state index contributed by atoms with van der Waals surface area (Å²) in [5.74, 6) is 0.380. The zero-order valence-corrected chi connectivity index (χ0v) is 11.7. The average molecular weight is 302 g/mol.